The average Bonchev–Trinajstić information content (AvgIpc) is 2.57. The maximum atomic E-state index is 12.1. The van der Waals surface area contributed by atoms with Crippen molar-refractivity contribution in [2.24, 2.45) is 0 Å². The fraction of sp³-hybridized carbons (Fsp3) is 0.350. The third-order valence-corrected chi connectivity index (χ3v) is 3.72. The molecular weight excluding hydrogens is 300 g/mol. The van der Waals surface area contributed by atoms with Crippen LogP contribution in [0.2, 0.25) is 0 Å². The predicted octanol–water partition coefficient (Wildman–Crippen LogP) is 4.65. The molecule has 0 atom stereocenters. The van der Waals surface area contributed by atoms with Gasteiger partial charge < -0.3 is 15.4 Å². The van der Waals surface area contributed by atoms with Gasteiger partial charge in [-0.2, -0.15) is 0 Å². The van der Waals surface area contributed by atoms with Crippen LogP contribution >= 0.6 is 0 Å². The van der Waals surface area contributed by atoms with Crippen molar-refractivity contribution in [1.82, 2.24) is 0 Å². The first kappa shape index (κ1) is 17.9. The van der Waals surface area contributed by atoms with Crippen LogP contribution in [0.1, 0.15) is 38.7 Å². The van der Waals surface area contributed by atoms with Crippen molar-refractivity contribution in [3.63, 3.8) is 0 Å². The van der Waals surface area contributed by atoms with E-state index in [2.05, 4.69) is 48.7 Å². The minimum atomic E-state index is -0.0338. The average molecular weight is 326 g/mol. The lowest BCUT2D eigenvalue weighted by atomic mass is 10.0. The van der Waals surface area contributed by atoms with Crippen LogP contribution in [0.15, 0.2) is 48.5 Å². The lowest BCUT2D eigenvalue weighted by Gasteiger charge is -2.12. The summed E-state index contributed by atoms with van der Waals surface area (Å²) >= 11 is 0. The van der Waals surface area contributed by atoms with Crippen LogP contribution in [0.25, 0.3) is 0 Å². The number of ether oxygens (including phenoxy) is 1. The molecule has 0 aromatic heterocycles. The highest BCUT2D eigenvalue weighted by atomic mass is 16.5. The Morgan fingerprint density at radius 1 is 1.08 bits per heavy atom. The number of carbonyl (C=O) groups excluding carboxylic acids is 1. The lowest BCUT2D eigenvalue weighted by molar-refractivity contribution is -0.116. The molecule has 0 heterocycles. The second kappa shape index (κ2) is 8.96. The van der Waals surface area contributed by atoms with Crippen molar-refractivity contribution in [2.45, 2.75) is 33.1 Å². The number of benzene rings is 2. The van der Waals surface area contributed by atoms with E-state index in [9.17, 15) is 4.79 Å². The summed E-state index contributed by atoms with van der Waals surface area (Å²) in [7, 11) is 0. The third kappa shape index (κ3) is 5.30. The Bertz CT molecular complexity index is 651. The first-order chi connectivity index (χ1) is 11.6. The zero-order valence-electron chi connectivity index (χ0n) is 14.6. The molecular formula is C20H26N2O2. The number of amides is 1. The fourth-order valence-corrected chi connectivity index (χ4v) is 2.37. The zero-order chi connectivity index (χ0) is 17.4. The minimum Gasteiger partial charge on any atom is -0.492 e. The molecule has 1 amide bonds. The molecule has 0 unspecified atom stereocenters. The van der Waals surface area contributed by atoms with Gasteiger partial charge in [-0.25, -0.2) is 0 Å². The quantitative estimate of drug-likeness (QED) is 0.742. The van der Waals surface area contributed by atoms with Crippen LogP contribution in [-0.4, -0.2) is 19.1 Å². The number of anilines is 2. The summed E-state index contributed by atoms with van der Waals surface area (Å²) in [4.78, 5) is 12.1. The Kier molecular flexibility index (Phi) is 6.67. The van der Waals surface area contributed by atoms with Crippen molar-refractivity contribution in [2.75, 3.05) is 23.8 Å². The maximum absolute atomic E-state index is 12.1. The molecule has 0 bridgehead atoms. The van der Waals surface area contributed by atoms with Gasteiger partial charge in [-0.15, -0.1) is 0 Å². The Hall–Kier alpha value is -2.49. The Labute approximate surface area is 144 Å². The van der Waals surface area contributed by atoms with E-state index in [4.69, 9.17) is 4.74 Å². The zero-order valence-corrected chi connectivity index (χ0v) is 14.6. The van der Waals surface area contributed by atoms with Crippen LogP contribution in [0.5, 0.6) is 5.75 Å². The summed E-state index contributed by atoms with van der Waals surface area (Å²) in [5.41, 5.74) is 3.05. The molecule has 24 heavy (non-hydrogen) atoms. The Morgan fingerprint density at radius 3 is 2.46 bits per heavy atom. The molecule has 0 aliphatic heterocycles. The molecule has 4 heteroatoms. The number of carbonyl (C=O) groups is 1. The van der Waals surface area contributed by atoms with Gasteiger partial charge in [0.15, 0.2) is 0 Å². The van der Waals surface area contributed by atoms with Crippen molar-refractivity contribution in [3.8, 4) is 5.75 Å². The molecule has 0 aliphatic rings. The summed E-state index contributed by atoms with van der Waals surface area (Å²) in [6.45, 7) is 7.43. The highest BCUT2D eigenvalue weighted by molar-refractivity contribution is 5.92. The monoisotopic (exact) mass is 326 g/mol. The van der Waals surface area contributed by atoms with Crippen molar-refractivity contribution in [1.29, 1.82) is 0 Å². The molecule has 0 saturated heterocycles. The maximum Gasteiger partial charge on any atom is 0.226 e. The number of nitrogens with one attached hydrogen (secondary N) is 2. The predicted molar refractivity (Wildman–Crippen MR) is 99.9 cm³/mol. The topological polar surface area (TPSA) is 50.4 Å². The molecule has 2 aromatic rings. The van der Waals surface area contributed by atoms with Gasteiger partial charge in [0.25, 0.3) is 0 Å². The van der Waals surface area contributed by atoms with E-state index in [1.807, 2.05) is 31.2 Å². The van der Waals surface area contributed by atoms with Gasteiger partial charge >= 0.3 is 0 Å². The van der Waals surface area contributed by atoms with E-state index in [0.29, 0.717) is 36.9 Å². The normalized spacial score (nSPS) is 10.5. The van der Waals surface area contributed by atoms with Crippen molar-refractivity contribution < 1.29 is 9.53 Å². The molecule has 2 rings (SSSR count). The molecule has 2 N–H and O–H groups in total. The molecule has 0 aliphatic carbocycles. The fourth-order valence-electron chi connectivity index (χ4n) is 2.37. The molecule has 0 saturated carbocycles. The standard InChI is InChI=1S/C20H26N2O2/c1-4-24-19-8-6-5-7-18(19)22-20(23)13-14-21-17-11-9-16(10-12-17)15(2)3/h5-12,15,21H,4,13-14H2,1-3H3,(H,22,23). The third-order valence-electron chi connectivity index (χ3n) is 3.72. The summed E-state index contributed by atoms with van der Waals surface area (Å²) in [5.74, 6) is 1.19. The highest BCUT2D eigenvalue weighted by Gasteiger charge is 2.07. The highest BCUT2D eigenvalue weighted by Crippen LogP contribution is 2.23. The molecule has 0 spiro atoms. The van der Waals surface area contributed by atoms with Gasteiger partial charge in [-0.1, -0.05) is 38.1 Å². The molecule has 0 radical (unpaired) electrons. The van der Waals surface area contributed by atoms with Crippen molar-refractivity contribution >= 4 is 17.3 Å². The van der Waals surface area contributed by atoms with Crippen LogP contribution in [0, 0.1) is 0 Å². The summed E-state index contributed by atoms with van der Waals surface area (Å²) in [6.07, 6.45) is 0.395. The summed E-state index contributed by atoms with van der Waals surface area (Å²) in [5, 5.41) is 6.18. The van der Waals surface area contributed by atoms with E-state index in [-0.39, 0.29) is 5.91 Å². The van der Waals surface area contributed by atoms with Gasteiger partial charge in [0.1, 0.15) is 5.75 Å². The van der Waals surface area contributed by atoms with Crippen LogP contribution in [-0.2, 0) is 4.79 Å². The smallest absolute Gasteiger partial charge is 0.226 e. The summed E-state index contributed by atoms with van der Waals surface area (Å²) in [6, 6.07) is 15.8. The molecule has 0 fully saturated rings. The summed E-state index contributed by atoms with van der Waals surface area (Å²) < 4.78 is 5.51. The Morgan fingerprint density at radius 2 is 1.79 bits per heavy atom. The number of hydrogen-bond acceptors (Lipinski definition) is 3. The lowest BCUT2D eigenvalue weighted by Crippen LogP contribution is -2.16. The van der Waals surface area contributed by atoms with Gasteiger partial charge in [-0.05, 0) is 42.7 Å². The minimum absolute atomic E-state index is 0.0338. The van der Waals surface area contributed by atoms with E-state index in [1.165, 1.54) is 5.56 Å². The van der Waals surface area contributed by atoms with Crippen LogP contribution in [0.4, 0.5) is 11.4 Å². The van der Waals surface area contributed by atoms with Crippen LogP contribution in [0.3, 0.4) is 0 Å². The van der Waals surface area contributed by atoms with E-state index >= 15 is 0 Å². The first-order valence-corrected chi connectivity index (χ1v) is 8.45. The first-order valence-electron chi connectivity index (χ1n) is 8.45. The van der Waals surface area contributed by atoms with Gasteiger partial charge in [0.05, 0.1) is 12.3 Å². The van der Waals surface area contributed by atoms with Gasteiger partial charge in [-0.3, -0.25) is 4.79 Å². The number of para-hydroxylation sites is 2. The molecule has 4 nitrogen and oxygen atoms in total. The number of hydrogen-bond donors (Lipinski definition) is 2. The van der Waals surface area contributed by atoms with E-state index in [1.54, 1.807) is 0 Å². The van der Waals surface area contributed by atoms with Crippen LogP contribution < -0.4 is 15.4 Å². The van der Waals surface area contributed by atoms with Crippen molar-refractivity contribution in [3.05, 3.63) is 54.1 Å². The number of rotatable bonds is 8. The van der Waals surface area contributed by atoms with Gasteiger partial charge in [0, 0.05) is 18.7 Å². The largest absolute Gasteiger partial charge is 0.492 e. The SMILES string of the molecule is CCOc1ccccc1NC(=O)CCNc1ccc(C(C)C)cc1. The van der Waals surface area contributed by atoms with E-state index in [0.717, 1.165) is 5.69 Å². The second-order valence-corrected chi connectivity index (χ2v) is 5.93. The van der Waals surface area contributed by atoms with E-state index < -0.39 is 0 Å². The van der Waals surface area contributed by atoms with Gasteiger partial charge in [0.2, 0.25) is 5.91 Å². The molecule has 128 valence electrons. The second-order valence-electron chi connectivity index (χ2n) is 5.93. The Balaban J connectivity index is 1.81. The molecule has 2 aromatic carbocycles.